The number of aryl methyl sites for hydroxylation is 1. The number of nitrogens with one attached hydrogen (secondary N) is 1. The number of rotatable bonds is 7. The first-order chi connectivity index (χ1) is 12.6. The van der Waals surface area contributed by atoms with E-state index in [1.807, 2.05) is 31.2 Å². The van der Waals surface area contributed by atoms with E-state index in [1.54, 1.807) is 18.2 Å². The molecule has 3 rings (SSSR count). The molecule has 1 N–H and O–H groups in total. The molecule has 2 aromatic rings. The number of esters is 1. The summed E-state index contributed by atoms with van der Waals surface area (Å²) >= 11 is 0. The summed E-state index contributed by atoms with van der Waals surface area (Å²) in [7, 11) is 0. The van der Waals surface area contributed by atoms with Crippen molar-refractivity contribution in [2.45, 2.75) is 13.5 Å². The van der Waals surface area contributed by atoms with Crippen LogP contribution in [-0.2, 0) is 20.9 Å². The Kier molecular flexibility index (Phi) is 5.58. The average molecular weight is 357 g/mol. The van der Waals surface area contributed by atoms with Gasteiger partial charge >= 0.3 is 5.97 Å². The number of ether oxygens (including phenoxy) is 4. The maximum atomic E-state index is 11.8. The fourth-order valence-corrected chi connectivity index (χ4v) is 2.34. The highest BCUT2D eigenvalue weighted by Gasteiger charge is 2.14. The van der Waals surface area contributed by atoms with Gasteiger partial charge in [-0.2, -0.15) is 0 Å². The summed E-state index contributed by atoms with van der Waals surface area (Å²) in [4.78, 5) is 23.4. The zero-order chi connectivity index (χ0) is 18.4. The smallest absolute Gasteiger partial charge is 0.344 e. The van der Waals surface area contributed by atoms with Crippen molar-refractivity contribution >= 4 is 11.9 Å². The predicted octanol–water partition coefficient (Wildman–Crippen LogP) is 1.96. The molecule has 0 aromatic heterocycles. The molecule has 0 radical (unpaired) electrons. The fourth-order valence-electron chi connectivity index (χ4n) is 2.34. The van der Waals surface area contributed by atoms with Crippen LogP contribution in [0.1, 0.15) is 11.1 Å². The Labute approximate surface area is 150 Å². The van der Waals surface area contributed by atoms with E-state index in [2.05, 4.69) is 5.32 Å². The summed E-state index contributed by atoms with van der Waals surface area (Å²) in [5.41, 5.74) is 1.88. The van der Waals surface area contributed by atoms with Crippen LogP contribution >= 0.6 is 0 Å². The van der Waals surface area contributed by atoms with Crippen LogP contribution < -0.4 is 19.5 Å². The molecule has 1 aliphatic heterocycles. The van der Waals surface area contributed by atoms with Crippen molar-refractivity contribution in [3.63, 3.8) is 0 Å². The van der Waals surface area contributed by atoms with Gasteiger partial charge in [-0.15, -0.1) is 0 Å². The van der Waals surface area contributed by atoms with Crippen molar-refractivity contribution < 1.29 is 28.5 Å². The molecular formula is C19H19NO6. The third-order valence-corrected chi connectivity index (χ3v) is 3.64. The second-order valence-corrected chi connectivity index (χ2v) is 5.73. The van der Waals surface area contributed by atoms with Gasteiger partial charge < -0.3 is 24.3 Å². The van der Waals surface area contributed by atoms with Gasteiger partial charge in [-0.25, -0.2) is 4.79 Å². The van der Waals surface area contributed by atoms with Crippen molar-refractivity contribution in [3.05, 3.63) is 53.6 Å². The summed E-state index contributed by atoms with van der Waals surface area (Å²) < 4.78 is 20.7. The second kappa shape index (κ2) is 8.24. The van der Waals surface area contributed by atoms with Crippen LogP contribution in [-0.4, -0.2) is 31.9 Å². The van der Waals surface area contributed by atoms with E-state index in [0.717, 1.165) is 11.1 Å². The van der Waals surface area contributed by atoms with E-state index >= 15 is 0 Å². The van der Waals surface area contributed by atoms with Crippen molar-refractivity contribution in [1.29, 1.82) is 0 Å². The van der Waals surface area contributed by atoms with Crippen molar-refractivity contribution in [2.75, 3.05) is 20.0 Å². The van der Waals surface area contributed by atoms with Crippen LogP contribution in [0.2, 0.25) is 0 Å². The predicted molar refractivity (Wildman–Crippen MR) is 92.0 cm³/mol. The number of amides is 1. The molecule has 0 unspecified atom stereocenters. The third kappa shape index (κ3) is 4.89. The molecule has 0 aliphatic carbocycles. The molecule has 0 saturated heterocycles. The molecule has 0 bridgehead atoms. The fraction of sp³-hybridized carbons (Fsp3) is 0.263. The van der Waals surface area contributed by atoms with Crippen LogP contribution in [0.3, 0.4) is 0 Å². The Morgan fingerprint density at radius 3 is 2.77 bits per heavy atom. The minimum Gasteiger partial charge on any atom is -0.482 e. The normalized spacial score (nSPS) is 11.7. The first-order valence-electron chi connectivity index (χ1n) is 8.10. The number of carbonyl (C=O) groups excluding carboxylic acids is 2. The minimum atomic E-state index is -0.607. The lowest BCUT2D eigenvalue weighted by atomic mass is 10.2. The first kappa shape index (κ1) is 17.6. The Bertz CT molecular complexity index is 804. The van der Waals surface area contributed by atoms with Crippen molar-refractivity contribution in [1.82, 2.24) is 5.32 Å². The van der Waals surface area contributed by atoms with Gasteiger partial charge in [-0.3, -0.25) is 4.79 Å². The van der Waals surface area contributed by atoms with Gasteiger partial charge in [0.2, 0.25) is 6.79 Å². The molecule has 136 valence electrons. The van der Waals surface area contributed by atoms with Gasteiger partial charge in [0.05, 0.1) is 0 Å². The zero-order valence-corrected chi connectivity index (χ0v) is 14.3. The van der Waals surface area contributed by atoms with Gasteiger partial charge in [-0.05, 0) is 42.3 Å². The largest absolute Gasteiger partial charge is 0.482 e. The second-order valence-electron chi connectivity index (χ2n) is 5.73. The first-order valence-corrected chi connectivity index (χ1v) is 8.10. The van der Waals surface area contributed by atoms with E-state index in [0.29, 0.717) is 23.8 Å². The number of benzene rings is 2. The van der Waals surface area contributed by atoms with Gasteiger partial charge in [0.15, 0.2) is 24.7 Å². The van der Waals surface area contributed by atoms with Gasteiger partial charge in [0.25, 0.3) is 5.91 Å². The summed E-state index contributed by atoms with van der Waals surface area (Å²) in [6.45, 7) is 1.81. The molecule has 1 amide bonds. The number of hydrogen-bond donors (Lipinski definition) is 1. The highest BCUT2D eigenvalue weighted by atomic mass is 16.7. The standard InChI is InChI=1S/C19H19NO6/c1-13-3-2-4-15(7-13)23-11-19(22)24-10-18(21)20-9-14-5-6-16-17(8-14)26-12-25-16/h2-8H,9-12H2,1H3,(H,20,21). The molecule has 1 aliphatic rings. The molecule has 0 saturated carbocycles. The molecule has 7 heteroatoms. The zero-order valence-electron chi connectivity index (χ0n) is 14.3. The highest BCUT2D eigenvalue weighted by molar-refractivity contribution is 5.80. The van der Waals surface area contributed by atoms with E-state index in [-0.39, 0.29) is 20.0 Å². The van der Waals surface area contributed by atoms with E-state index in [9.17, 15) is 9.59 Å². The summed E-state index contributed by atoms with van der Waals surface area (Å²) in [5, 5.41) is 2.67. The van der Waals surface area contributed by atoms with Gasteiger partial charge in [-0.1, -0.05) is 18.2 Å². The lowest BCUT2D eigenvalue weighted by molar-refractivity contribution is -0.150. The lowest BCUT2D eigenvalue weighted by Gasteiger charge is -2.08. The Morgan fingerprint density at radius 1 is 1.08 bits per heavy atom. The summed E-state index contributed by atoms with van der Waals surface area (Å²) in [6.07, 6.45) is 0. The molecule has 1 heterocycles. The Morgan fingerprint density at radius 2 is 1.92 bits per heavy atom. The van der Waals surface area contributed by atoms with Crippen LogP contribution in [0.25, 0.3) is 0 Å². The van der Waals surface area contributed by atoms with Crippen LogP contribution in [0.5, 0.6) is 17.2 Å². The SMILES string of the molecule is Cc1cccc(OCC(=O)OCC(=O)NCc2ccc3c(c2)OCO3)c1. The van der Waals surface area contributed by atoms with Crippen LogP contribution in [0, 0.1) is 6.92 Å². The monoisotopic (exact) mass is 357 g/mol. The lowest BCUT2D eigenvalue weighted by Crippen LogP contribution is -2.29. The summed E-state index contributed by atoms with van der Waals surface area (Å²) in [6, 6.07) is 12.7. The molecule has 2 aromatic carbocycles. The molecule has 0 spiro atoms. The van der Waals surface area contributed by atoms with E-state index < -0.39 is 11.9 Å². The van der Waals surface area contributed by atoms with Crippen LogP contribution in [0.15, 0.2) is 42.5 Å². The molecule has 26 heavy (non-hydrogen) atoms. The van der Waals surface area contributed by atoms with Gasteiger partial charge in [0, 0.05) is 6.54 Å². The van der Waals surface area contributed by atoms with Crippen molar-refractivity contribution in [2.24, 2.45) is 0 Å². The molecule has 0 atom stereocenters. The number of fused-ring (bicyclic) bond motifs is 1. The van der Waals surface area contributed by atoms with E-state index in [4.69, 9.17) is 18.9 Å². The topological polar surface area (TPSA) is 83.1 Å². The Hall–Kier alpha value is -3.22. The minimum absolute atomic E-state index is 0.200. The molecular weight excluding hydrogens is 338 g/mol. The highest BCUT2D eigenvalue weighted by Crippen LogP contribution is 2.32. The third-order valence-electron chi connectivity index (χ3n) is 3.64. The quantitative estimate of drug-likeness (QED) is 0.763. The molecule has 7 nitrogen and oxygen atoms in total. The Balaban J connectivity index is 1.36. The summed E-state index contributed by atoms with van der Waals surface area (Å²) in [5.74, 6) is 0.907. The van der Waals surface area contributed by atoms with Crippen LogP contribution in [0.4, 0.5) is 0 Å². The molecule has 0 fully saturated rings. The maximum Gasteiger partial charge on any atom is 0.344 e. The number of hydrogen-bond acceptors (Lipinski definition) is 6. The number of carbonyl (C=O) groups is 2. The maximum absolute atomic E-state index is 11.8. The van der Waals surface area contributed by atoms with Crippen molar-refractivity contribution in [3.8, 4) is 17.2 Å². The van der Waals surface area contributed by atoms with Gasteiger partial charge in [0.1, 0.15) is 5.75 Å². The average Bonchev–Trinajstić information content (AvgIpc) is 3.11. The van der Waals surface area contributed by atoms with E-state index in [1.165, 1.54) is 0 Å².